The Morgan fingerprint density at radius 2 is 2.00 bits per heavy atom. The molecule has 2 aromatic rings. The first kappa shape index (κ1) is 12.7. The number of halogens is 1. The highest BCUT2D eigenvalue weighted by Crippen LogP contribution is 2.12. The summed E-state index contributed by atoms with van der Waals surface area (Å²) >= 11 is 10.9. The zero-order chi connectivity index (χ0) is 12.8. The molecular formula is C12H12ClN3OS. The molecule has 0 saturated heterocycles. The molecule has 1 aromatic carbocycles. The van der Waals surface area contributed by atoms with E-state index < -0.39 is 0 Å². The predicted molar refractivity (Wildman–Crippen MR) is 76.4 cm³/mol. The molecule has 18 heavy (non-hydrogen) atoms. The van der Waals surface area contributed by atoms with Gasteiger partial charge in [-0.15, -0.1) is 0 Å². The van der Waals surface area contributed by atoms with E-state index in [-0.39, 0.29) is 0 Å². The fraction of sp³-hybridized carbons (Fsp3) is 0.0833. The average Bonchev–Trinajstić information content (AvgIpc) is 2.89. The lowest BCUT2D eigenvalue weighted by atomic mass is 10.3. The van der Waals surface area contributed by atoms with Gasteiger partial charge in [-0.25, -0.2) is 0 Å². The normalized spacial score (nSPS) is 9.83. The second-order valence-corrected chi connectivity index (χ2v) is 4.36. The number of anilines is 1. The Morgan fingerprint density at radius 1 is 1.22 bits per heavy atom. The third-order valence-corrected chi connectivity index (χ3v) is 2.67. The number of rotatable bonds is 4. The van der Waals surface area contributed by atoms with Crippen LogP contribution in [0.25, 0.3) is 0 Å². The second-order valence-electron chi connectivity index (χ2n) is 3.52. The molecular weight excluding hydrogens is 270 g/mol. The fourth-order valence-corrected chi connectivity index (χ4v) is 1.54. The summed E-state index contributed by atoms with van der Waals surface area (Å²) in [5.74, 6) is 0.825. The summed E-state index contributed by atoms with van der Waals surface area (Å²) in [6.45, 7) is 0.543. The van der Waals surface area contributed by atoms with Crippen LogP contribution >= 0.6 is 23.8 Å². The molecule has 1 heterocycles. The van der Waals surface area contributed by atoms with Crippen molar-refractivity contribution in [1.82, 2.24) is 10.7 Å². The van der Waals surface area contributed by atoms with Gasteiger partial charge in [-0.2, -0.15) is 0 Å². The van der Waals surface area contributed by atoms with Gasteiger partial charge in [0.1, 0.15) is 5.76 Å². The zero-order valence-corrected chi connectivity index (χ0v) is 11.0. The number of thiocarbonyl (C=S) groups is 1. The van der Waals surface area contributed by atoms with E-state index in [0.29, 0.717) is 16.7 Å². The van der Waals surface area contributed by atoms with Gasteiger partial charge in [-0.1, -0.05) is 11.6 Å². The molecule has 6 heteroatoms. The lowest BCUT2D eigenvalue weighted by Crippen LogP contribution is -2.38. The van der Waals surface area contributed by atoms with Gasteiger partial charge in [0.25, 0.3) is 0 Å². The quantitative estimate of drug-likeness (QED) is 0.594. The molecule has 2 rings (SSSR count). The first-order valence-electron chi connectivity index (χ1n) is 5.32. The maximum absolute atomic E-state index is 5.78. The van der Waals surface area contributed by atoms with Gasteiger partial charge in [-0.3, -0.25) is 10.9 Å². The van der Waals surface area contributed by atoms with Crippen LogP contribution in [-0.4, -0.2) is 5.11 Å². The monoisotopic (exact) mass is 281 g/mol. The van der Waals surface area contributed by atoms with Gasteiger partial charge in [0, 0.05) is 5.02 Å². The largest absolute Gasteiger partial charge is 0.467 e. The van der Waals surface area contributed by atoms with Crippen LogP contribution in [0.1, 0.15) is 5.76 Å². The Labute approximate surface area is 115 Å². The van der Waals surface area contributed by atoms with E-state index in [2.05, 4.69) is 16.2 Å². The zero-order valence-electron chi connectivity index (χ0n) is 9.44. The smallest absolute Gasteiger partial charge is 0.185 e. The number of hydrogen-bond donors (Lipinski definition) is 3. The first-order chi connectivity index (χ1) is 8.74. The third kappa shape index (κ3) is 3.94. The lowest BCUT2D eigenvalue weighted by molar-refractivity contribution is 0.503. The molecule has 4 nitrogen and oxygen atoms in total. The van der Waals surface area contributed by atoms with Crippen LogP contribution in [0.2, 0.25) is 5.02 Å². The SMILES string of the molecule is S=C(NCc1ccco1)NNc1ccc(Cl)cc1. The Morgan fingerprint density at radius 3 is 2.67 bits per heavy atom. The molecule has 3 N–H and O–H groups in total. The highest BCUT2D eigenvalue weighted by molar-refractivity contribution is 7.80. The number of furan rings is 1. The van der Waals surface area contributed by atoms with Gasteiger partial charge >= 0.3 is 0 Å². The molecule has 0 fully saturated rings. The number of nitrogens with one attached hydrogen (secondary N) is 3. The molecule has 0 bridgehead atoms. The minimum atomic E-state index is 0.487. The predicted octanol–water partition coefficient (Wildman–Crippen LogP) is 2.92. The summed E-state index contributed by atoms with van der Waals surface area (Å²) in [6, 6.07) is 11.0. The summed E-state index contributed by atoms with van der Waals surface area (Å²) in [7, 11) is 0. The summed E-state index contributed by atoms with van der Waals surface area (Å²) in [5, 5.41) is 4.19. The molecule has 0 radical (unpaired) electrons. The molecule has 0 spiro atoms. The molecule has 0 atom stereocenters. The second kappa shape index (κ2) is 6.28. The van der Waals surface area contributed by atoms with Crippen molar-refractivity contribution >= 4 is 34.6 Å². The molecule has 0 saturated carbocycles. The van der Waals surface area contributed by atoms with Gasteiger partial charge in [0.05, 0.1) is 18.5 Å². The van der Waals surface area contributed by atoms with Crippen LogP contribution in [0, 0.1) is 0 Å². The van der Waals surface area contributed by atoms with E-state index in [1.54, 1.807) is 18.4 Å². The molecule has 0 unspecified atom stereocenters. The van der Waals surface area contributed by atoms with Crippen molar-refractivity contribution in [3.63, 3.8) is 0 Å². The number of hydrogen-bond acceptors (Lipinski definition) is 3. The first-order valence-corrected chi connectivity index (χ1v) is 6.10. The molecule has 1 aromatic heterocycles. The van der Waals surface area contributed by atoms with Crippen LogP contribution in [-0.2, 0) is 6.54 Å². The maximum atomic E-state index is 5.78. The Bertz CT molecular complexity index is 499. The number of hydrazine groups is 1. The van der Waals surface area contributed by atoms with Crippen molar-refractivity contribution in [2.24, 2.45) is 0 Å². The summed E-state index contributed by atoms with van der Waals surface area (Å²) in [4.78, 5) is 0. The van der Waals surface area contributed by atoms with Crippen LogP contribution in [0.5, 0.6) is 0 Å². The molecule has 0 amide bonds. The van der Waals surface area contributed by atoms with Gasteiger partial charge in [0.15, 0.2) is 5.11 Å². The van der Waals surface area contributed by atoms with Crippen molar-refractivity contribution < 1.29 is 4.42 Å². The lowest BCUT2D eigenvalue weighted by Gasteiger charge is -2.11. The summed E-state index contributed by atoms with van der Waals surface area (Å²) in [6.07, 6.45) is 1.62. The van der Waals surface area contributed by atoms with Crippen molar-refractivity contribution in [3.8, 4) is 0 Å². The van der Waals surface area contributed by atoms with E-state index in [1.807, 2.05) is 24.3 Å². The van der Waals surface area contributed by atoms with Crippen molar-refractivity contribution in [1.29, 1.82) is 0 Å². The van der Waals surface area contributed by atoms with Crippen molar-refractivity contribution in [2.75, 3.05) is 5.43 Å². The fourth-order valence-electron chi connectivity index (χ4n) is 1.29. The summed E-state index contributed by atoms with van der Waals surface area (Å²) in [5.41, 5.74) is 6.70. The van der Waals surface area contributed by atoms with Crippen LogP contribution in [0.3, 0.4) is 0 Å². The Hall–Kier alpha value is -1.72. The van der Waals surface area contributed by atoms with Crippen LogP contribution in [0.15, 0.2) is 47.1 Å². The van der Waals surface area contributed by atoms with E-state index >= 15 is 0 Å². The Balaban J connectivity index is 1.73. The van der Waals surface area contributed by atoms with E-state index in [1.165, 1.54) is 0 Å². The van der Waals surface area contributed by atoms with Crippen molar-refractivity contribution in [3.05, 3.63) is 53.4 Å². The standard InChI is InChI=1S/C12H12ClN3OS/c13-9-3-5-10(6-4-9)15-16-12(18)14-8-11-2-1-7-17-11/h1-7,15H,8H2,(H2,14,16,18). The molecule has 0 aliphatic heterocycles. The maximum Gasteiger partial charge on any atom is 0.185 e. The molecule has 0 aliphatic carbocycles. The van der Waals surface area contributed by atoms with E-state index in [0.717, 1.165) is 11.4 Å². The third-order valence-electron chi connectivity index (χ3n) is 2.17. The van der Waals surface area contributed by atoms with Crippen LogP contribution in [0.4, 0.5) is 5.69 Å². The topological polar surface area (TPSA) is 49.2 Å². The summed E-state index contributed by atoms with van der Waals surface area (Å²) < 4.78 is 5.17. The number of benzene rings is 1. The van der Waals surface area contributed by atoms with Gasteiger partial charge in [-0.05, 0) is 48.6 Å². The highest BCUT2D eigenvalue weighted by atomic mass is 35.5. The average molecular weight is 282 g/mol. The van der Waals surface area contributed by atoms with Gasteiger partial charge in [0.2, 0.25) is 0 Å². The van der Waals surface area contributed by atoms with Gasteiger partial charge < -0.3 is 9.73 Å². The van der Waals surface area contributed by atoms with Crippen LogP contribution < -0.4 is 16.2 Å². The molecule has 0 aliphatic rings. The Kier molecular flexibility index (Phi) is 4.44. The van der Waals surface area contributed by atoms with E-state index in [4.69, 9.17) is 28.2 Å². The molecule has 94 valence electrons. The minimum Gasteiger partial charge on any atom is -0.467 e. The highest BCUT2D eigenvalue weighted by Gasteiger charge is 1.98. The minimum absolute atomic E-state index is 0.487. The van der Waals surface area contributed by atoms with Crippen molar-refractivity contribution in [2.45, 2.75) is 6.54 Å². The van der Waals surface area contributed by atoms with E-state index in [9.17, 15) is 0 Å².